The van der Waals surface area contributed by atoms with Crippen molar-refractivity contribution in [3.05, 3.63) is 170 Å². The van der Waals surface area contributed by atoms with Crippen LogP contribution in [-0.2, 0) is 0 Å². The lowest BCUT2D eigenvalue weighted by molar-refractivity contribution is 0.912. The van der Waals surface area contributed by atoms with Crippen molar-refractivity contribution in [2.75, 3.05) is 7.05 Å². The van der Waals surface area contributed by atoms with Crippen LogP contribution in [0.3, 0.4) is 0 Å². The fraction of sp³-hybridized carbons (Fsp3) is 0.0244. The first-order valence-electron chi connectivity index (χ1n) is 15.0. The molecule has 3 heteroatoms. The molecule has 0 radical (unpaired) electrons. The summed E-state index contributed by atoms with van der Waals surface area (Å²) in [6.07, 6.45) is 0. The second-order valence-corrected chi connectivity index (χ2v) is 16.1. The first-order chi connectivity index (χ1) is 21.7. The summed E-state index contributed by atoms with van der Waals surface area (Å²) >= 11 is 0. The van der Waals surface area contributed by atoms with E-state index in [9.17, 15) is 0 Å². The third-order valence-corrected chi connectivity index (χ3v) is 13.8. The van der Waals surface area contributed by atoms with Crippen molar-refractivity contribution >= 4 is 80.5 Å². The van der Waals surface area contributed by atoms with Crippen molar-refractivity contribution in [3.8, 4) is 0 Å². The van der Waals surface area contributed by atoms with E-state index in [0.717, 1.165) is 0 Å². The maximum Gasteiger partial charge on any atom is 0.0321 e. The number of benzene rings is 8. The SMILES string of the molecule is CN(P(c1ccc2ccccc2c1)c1ccc2ccccc2c1)P(c1ccc2ccccc2c1)c1ccc2ccccc2c1. The summed E-state index contributed by atoms with van der Waals surface area (Å²) in [7, 11) is 0.615. The molecule has 0 atom stereocenters. The third kappa shape index (κ3) is 5.08. The van der Waals surface area contributed by atoms with Gasteiger partial charge in [-0.25, -0.2) is 4.44 Å². The largest absolute Gasteiger partial charge is 0.248 e. The Morgan fingerprint density at radius 2 is 0.523 bits per heavy atom. The van der Waals surface area contributed by atoms with Gasteiger partial charge >= 0.3 is 0 Å². The molecule has 0 heterocycles. The molecular weight excluding hydrogens is 568 g/mol. The van der Waals surface area contributed by atoms with Crippen LogP contribution < -0.4 is 21.2 Å². The molecule has 44 heavy (non-hydrogen) atoms. The van der Waals surface area contributed by atoms with E-state index < -0.39 is 16.1 Å². The normalized spacial score (nSPS) is 11.9. The van der Waals surface area contributed by atoms with Crippen LogP contribution in [0, 0.1) is 0 Å². The molecule has 0 saturated carbocycles. The molecule has 0 spiro atoms. The Balaban J connectivity index is 1.35. The van der Waals surface area contributed by atoms with Crippen LogP contribution in [0.1, 0.15) is 0 Å². The summed E-state index contributed by atoms with van der Waals surface area (Å²) in [6.45, 7) is 0. The molecule has 0 N–H and O–H groups in total. The van der Waals surface area contributed by atoms with Gasteiger partial charge in [-0.15, -0.1) is 0 Å². The van der Waals surface area contributed by atoms with Gasteiger partial charge in [0.05, 0.1) is 0 Å². The molecule has 0 aromatic heterocycles. The topological polar surface area (TPSA) is 3.24 Å². The van der Waals surface area contributed by atoms with E-state index in [1.165, 1.54) is 64.3 Å². The van der Waals surface area contributed by atoms with Crippen molar-refractivity contribution in [2.24, 2.45) is 0 Å². The first kappa shape index (κ1) is 27.2. The lowest BCUT2D eigenvalue weighted by Crippen LogP contribution is -2.29. The molecule has 0 amide bonds. The molecule has 0 unspecified atom stereocenters. The average molecular weight is 600 g/mol. The highest BCUT2D eigenvalue weighted by atomic mass is 31.2. The minimum atomic E-state index is -0.869. The van der Waals surface area contributed by atoms with Gasteiger partial charge in [0.15, 0.2) is 0 Å². The molecule has 0 bridgehead atoms. The van der Waals surface area contributed by atoms with Crippen LogP contribution in [-0.4, -0.2) is 11.5 Å². The third-order valence-electron chi connectivity index (χ3n) is 8.49. The summed E-state index contributed by atoms with van der Waals surface area (Å²) in [5.41, 5.74) is 0. The second-order valence-electron chi connectivity index (χ2n) is 11.2. The van der Waals surface area contributed by atoms with Gasteiger partial charge in [0.25, 0.3) is 0 Å². The maximum absolute atomic E-state index is 2.70. The van der Waals surface area contributed by atoms with Gasteiger partial charge in [0.2, 0.25) is 0 Å². The van der Waals surface area contributed by atoms with Crippen LogP contribution in [0.2, 0.25) is 0 Å². The minimum absolute atomic E-state index is 0.869. The Bertz CT molecular complexity index is 1970. The Hall–Kier alpha value is -4.38. The smallest absolute Gasteiger partial charge is 0.0321 e. The Morgan fingerprint density at radius 3 is 0.773 bits per heavy atom. The number of nitrogens with zero attached hydrogens (tertiary/aromatic N) is 1. The van der Waals surface area contributed by atoms with Gasteiger partial charge in [-0.3, -0.25) is 0 Å². The molecular formula is C41H31NP2. The molecule has 8 aromatic rings. The minimum Gasteiger partial charge on any atom is -0.248 e. The predicted molar refractivity (Wildman–Crippen MR) is 196 cm³/mol. The van der Waals surface area contributed by atoms with Crippen LogP contribution in [0.5, 0.6) is 0 Å². The predicted octanol–water partition coefficient (Wildman–Crippen LogP) is 9.63. The zero-order valence-corrected chi connectivity index (χ0v) is 26.3. The van der Waals surface area contributed by atoms with E-state index in [1.54, 1.807) is 0 Å². The summed E-state index contributed by atoms with van der Waals surface area (Å²) in [6, 6.07) is 63.1. The van der Waals surface area contributed by atoms with Crippen molar-refractivity contribution < 1.29 is 0 Å². The van der Waals surface area contributed by atoms with Gasteiger partial charge in [-0.1, -0.05) is 146 Å². The molecule has 210 valence electrons. The summed E-state index contributed by atoms with van der Waals surface area (Å²) in [4.78, 5) is 0. The quantitative estimate of drug-likeness (QED) is 0.172. The van der Waals surface area contributed by atoms with Crippen LogP contribution in [0.4, 0.5) is 0 Å². The molecule has 0 aliphatic heterocycles. The Morgan fingerprint density at radius 1 is 0.295 bits per heavy atom. The van der Waals surface area contributed by atoms with E-state index in [0.29, 0.717) is 0 Å². The van der Waals surface area contributed by atoms with E-state index in [2.05, 4.69) is 181 Å². The van der Waals surface area contributed by atoms with Crippen LogP contribution in [0.15, 0.2) is 170 Å². The molecule has 0 aliphatic carbocycles. The van der Waals surface area contributed by atoms with E-state index in [-0.39, 0.29) is 0 Å². The molecule has 0 saturated heterocycles. The lowest BCUT2D eigenvalue weighted by Gasteiger charge is -2.36. The van der Waals surface area contributed by atoms with Crippen molar-refractivity contribution in [2.45, 2.75) is 0 Å². The van der Waals surface area contributed by atoms with Crippen molar-refractivity contribution in [3.63, 3.8) is 0 Å². The number of hydrogen-bond acceptors (Lipinski definition) is 1. The second kappa shape index (κ2) is 11.6. The van der Waals surface area contributed by atoms with Gasteiger partial charge in [-0.2, -0.15) is 0 Å². The van der Waals surface area contributed by atoms with E-state index in [1.807, 2.05) is 0 Å². The van der Waals surface area contributed by atoms with Crippen LogP contribution >= 0.6 is 16.1 Å². The zero-order chi connectivity index (χ0) is 29.5. The standard InChI is InChI=1S/C41H31NP2/c1-42(43(38-22-18-30-10-2-6-14-34(30)26-38)39-23-19-31-11-3-7-15-35(31)27-39)44(40-24-20-32-12-4-8-16-36(32)28-40)41-25-21-33-13-5-9-17-37(33)29-41/h2-29H,1H3. The molecule has 8 rings (SSSR count). The summed E-state index contributed by atoms with van der Waals surface area (Å²) < 4.78 is 2.70. The number of hydrogen-bond donors (Lipinski definition) is 0. The highest BCUT2D eigenvalue weighted by Crippen LogP contribution is 2.53. The Labute approximate surface area is 261 Å². The van der Waals surface area contributed by atoms with E-state index >= 15 is 0 Å². The Kier molecular flexibility index (Phi) is 7.17. The zero-order valence-electron chi connectivity index (χ0n) is 24.5. The van der Waals surface area contributed by atoms with Gasteiger partial charge < -0.3 is 0 Å². The van der Waals surface area contributed by atoms with E-state index in [4.69, 9.17) is 0 Å². The fourth-order valence-corrected chi connectivity index (χ4v) is 12.1. The molecule has 1 nitrogen and oxygen atoms in total. The number of rotatable bonds is 6. The molecule has 0 fully saturated rings. The highest BCUT2D eigenvalue weighted by molar-refractivity contribution is 7.84. The van der Waals surface area contributed by atoms with Gasteiger partial charge in [0, 0.05) is 16.1 Å². The van der Waals surface area contributed by atoms with Crippen molar-refractivity contribution in [1.82, 2.24) is 4.44 Å². The average Bonchev–Trinajstić information content (AvgIpc) is 3.08. The summed E-state index contributed by atoms with van der Waals surface area (Å²) in [5, 5.41) is 15.7. The van der Waals surface area contributed by atoms with Crippen molar-refractivity contribution in [1.29, 1.82) is 0 Å². The van der Waals surface area contributed by atoms with Crippen LogP contribution in [0.25, 0.3) is 43.1 Å². The van der Waals surface area contributed by atoms with Gasteiger partial charge in [-0.05, 0) is 95.6 Å². The first-order valence-corrected chi connectivity index (χ1v) is 17.6. The molecule has 0 aliphatic rings. The maximum atomic E-state index is 2.70. The summed E-state index contributed by atoms with van der Waals surface area (Å²) in [5.74, 6) is 0. The molecule has 8 aromatic carbocycles. The fourth-order valence-electron chi connectivity index (χ4n) is 6.29. The number of fused-ring (bicyclic) bond motifs is 4. The van der Waals surface area contributed by atoms with Gasteiger partial charge in [0.1, 0.15) is 0 Å². The monoisotopic (exact) mass is 599 g/mol. The lowest BCUT2D eigenvalue weighted by atomic mass is 10.1. The highest BCUT2D eigenvalue weighted by Gasteiger charge is 2.29.